The van der Waals surface area contributed by atoms with E-state index in [9.17, 15) is 4.79 Å². The van der Waals surface area contributed by atoms with Crippen molar-refractivity contribution in [3.05, 3.63) is 0 Å². The Morgan fingerprint density at radius 2 is 1.33 bits per heavy atom. The lowest BCUT2D eigenvalue weighted by molar-refractivity contribution is -0.135. The molecule has 0 aromatic rings. The standard InChI is InChI=1S/C24H44N2O/c1-18(2)22-11-15-25(16-12-22)23-7-5-20(6-8-23)17-21-9-13-26(14-10-21)24(27)19(3)4/h18-23H,5-17H2,1-4H3. The van der Waals surface area contributed by atoms with E-state index in [0.29, 0.717) is 5.91 Å². The van der Waals surface area contributed by atoms with Crippen LogP contribution in [0.4, 0.5) is 0 Å². The Morgan fingerprint density at radius 1 is 0.778 bits per heavy atom. The van der Waals surface area contributed by atoms with Gasteiger partial charge in [0.15, 0.2) is 0 Å². The van der Waals surface area contributed by atoms with E-state index in [0.717, 1.165) is 42.8 Å². The summed E-state index contributed by atoms with van der Waals surface area (Å²) in [5, 5.41) is 0. The van der Waals surface area contributed by atoms with Gasteiger partial charge < -0.3 is 9.80 Å². The van der Waals surface area contributed by atoms with Gasteiger partial charge in [0.05, 0.1) is 0 Å². The number of hydrogen-bond acceptors (Lipinski definition) is 2. The lowest BCUT2D eigenvalue weighted by Crippen LogP contribution is -2.44. The number of likely N-dealkylation sites (tertiary alicyclic amines) is 2. The molecule has 156 valence electrons. The van der Waals surface area contributed by atoms with Crippen LogP contribution in [-0.2, 0) is 4.79 Å². The first kappa shape index (κ1) is 21.1. The van der Waals surface area contributed by atoms with Gasteiger partial charge in [-0.25, -0.2) is 0 Å². The van der Waals surface area contributed by atoms with Crippen LogP contribution in [0.1, 0.15) is 85.5 Å². The van der Waals surface area contributed by atoms with Gasteiger partial charge in [0, 0.05) is 25.0 Å². The third-order valence-corrected chi connectivity index (χ3v) is 7.94. The zero-order valence-corrected chi connectivity index (χ0v) is 18.5. The Morgan fingerprint density at radius 3 is 1.85 bits per heavy atom. The van der Waals surface area contributed by atoms with Crippen LogP contribution >= 0.6 is 0 Å². The number of piperidine rings is 2. The highest BCUT2D eigenvalue weighted by Crippen LogP contribution is 2.36. The Bertz CT molecular complexity index is 451. The van der Waals surface area contributed by atoms with Crippen molar-refractivity contribution in [1.29, 1.82) is 0 Å². The summed E-state index contributed by atoms with van der Waals surface area (Å²) in [6.45, 7) is 13.5. The first-order valence-corrected chi connectivity index (χ1v) is 12.0. The first-order chi connectivity index (χ1) is 12.9. The molecule has 3 nitrogen and oxygen atoms in total. The Labute approximate surface area is 168 Å². The van der Waals surface area contributed by atoms with Crippen molar-refractivity contribution < 1.29 is 4.79 Å². The van der Waals surface area contributed by atoms with Crippen molar-refractivity contribution in [3.8, 4) is 0 Å². The number of carbonyl (C=O) groups is 1. The summed E-state index contributed by atoms with van der Waals surface area (Å²) in [7, 11) is 0. The molecule has 0 N–H and O–H groups in total. The van der Waals surface area contributed by atoms with Crippen LogP contribution in [0.2, 0.25) is 0 Å². The van der Waals surface area contributed by atoms with Crippen molar-refractivity contribution in [2.24, 2.45) is 29.6 Å². The van der Waals surface area contributed by atoms with Crippen LogP contribution in [0.15, 0.2) is 0 Å². The highest BCUT2D eigenvalue weighted by molar-refractivity contribution is 5.78. The van der Waals surface area contributed by atoms with Crippen molar-refractivity contribution in [2.75, 3.05) is 26.2 Å². The molecule has 2 saturated heterocycles. The first-order valence-electron chi connectivity index (χ1n) is 12.0. The summed E-state index contributed by atoms with van der Waals surface area (Å²) in [5.74, 6) is 4.16. The molecule has 0 spiro atoms. The van der Waals surface area contributed by atoms with Crippen LogP contribution in [0, 0.1) is 29.6 Å². The topological polar surface area (TPSA) is 23.6 Å². The van der Waals surface area contributed by atoms with E-state index in [1.807, 2.05) is 13.8 Å². The minimum Gasteiger partial charge on any atom is -0.342 e. The molecule has 0 atom stereocenters. The molecule has 0 unspecified atom stereocenters. The van der Waals surface area contributed by atoms with Crippen molar-refractivity contribution in [1.82, 2.24) is 9.80 Å². The van der Waals surface area contributed by atoms with Crippen LogP contribution in [0.25, 0.3) is 0 Å². The fourth-order valence-corrected chi connectivity index (χ4v) is 5.92. The normalized spacial score (nSPS) is 29.6. The SMILES string of the molecule is CC(C)C(=O)N1CCC(CC2CCC(N3CCC(C(C)C)CC3)CC2)CC1. The lowest BCUT2D eigenvalue weighted by atomic mass is 9.77. The minimum absolute atomic E-state index is 0.155. The number of amides is 1. The van der Waals surface area contributed by atoms with Gasteiger partial charge in [-0.15, -0.1) is 0 Å². The van der Waals surface area contributed by atoms with Gasteiger partial charge in [-0.05, 0) is 94.5 Å². The largest absolute Gasteiger partial charge is 0.342 e. The fraction of sp³-hybridized carbons (Fsp3) is 0.958. The maximum atomic E-state index is 12.2. The van der Waals surface area contributed by atoms with E-state index in [2.05, 4.69) is 23.6 Å². The third-order valence-electron chi connectivity index (χ3n) is 7.94. The van der Waals surface area contributed by atoms with Gasteiger partial charge in [-0.3, -0.25) is 4.79 Å². The summed E-state index contributed by atoms with van der Waals surface area (Å²) >= 11 is 0. The highest BCUT2D eigenvalue weighted by atomic mass is 16.2. The van der Waals surface area contributed by atoms with Gasteiger partial charge in [0.25, 0.3) is 0 Å². The molecule has 0 bridgehead atoms. The van der Waals surface area contributed by atoms with E-state index in [4.69, 9.17) is 0 Å². The molecular formula is C24H44N2O. The molecule has 3 heteroatoms. The molecular weight excluding hydrogens is 332 g/mol. The average molecular weight is 377 g/mol. The van der Waals surface area contributed by atoms with Gasteiger partial charge in [0.2, 0.25) is 5.91 Å². The van der Waals surface area contributed by atoms with E-state index in [-0.39, 0.29) is 5.92 Å². The molecule has 0 aromatic carbocycles. The molecule has 0 radical (unpaired) electrons. The third kappa shape index (κ3) is 5.71. The van der Waals surface area contributed by atoms with Crippen LogP contribution in [0.3, 0.4) is 0 Å². The second kappa shape index (κ2) is 9.76. The maximum absolute atomic E-state index is 12.2. The summed E-state index contributed by atoms with van der Waals surface area (Å²) in [5.41, 5.74) is 0. The Balaban J connectivity index is 1.34. The predicted molar refractivity (Wildman–Crippen MR) is 114 cm³/mol. The van der Waals surface area contributed by atoms with E-state index in [1.165, 1.54) is 70.9 Å². The molecule has 2 heterocycles. The maximum Gasteiger partial charge on any atom is 0.225 e. The van der Waals surface area contributed by atoms with E-state index >= 15 is 0 Å². The summed E-state index contributed by atoms with van der Waals surface area (Å²) in [6.07, 6.45) is 12.5. The molecule has 1 saturated carbocycles. The van der Waals surface area contributed by atoms with Crippen LogP contribution in [0.5, 0.6) is 0 Å². The number of rotatable bonds is 5. The number of hydrogen-bond donors (Lipinski definition) is 0. The molecule has 0 aromatic heterocycles. The second-order valence-corrected chi connectivity index (χ2v) is 10.5. The smallest absolute Gasteiger partial charge is 0.225 e. The summed E-state index contributed by atoms with van der Waals surface area (Å²) in [6, 6.07) is 0.875. The predicted octanol–water partition coefficient (Wildman–Crippen LogP) is 5.20. The molecule has 1 aliphatic carbocycles. The average Bonchev–Trinajstić information content (AvgIpc) is 2.68. The number of nitrogens with zero attached hydrogens (tertiary/aromatic N) is 2. The zero-order valence-electron chi connectivity index (χ0n) is 18.5. The zero-order chi connectivity index (χ0) is 19.4. The van der Waals surface area contributed by atoms with Crippen molar-refractivity contribution >= 4 is 5.91 Å². The van der Waals surface area contributed by atoms with Crippen molar-refractivity contribution in [3.63, 3.8) is 0 Å². The summed E-state index contributed by atoms with van der Waals surface area (Å²) in [4.78, 5) is 17.1. The van der Waals surface area contributed by atoms with Crippen molar-refractivity contribution in [2.45, 2.75) is 91.5 Å². The van der Waals surface area contributed by atoms with E-state index in [1.54, 1.807) is 0 Å². The second-order valence-electron chi connectivity index (χ2n) is 10.5. The molecule has 3 aliphatic rings. The quantitative estimate of drug-likeness (QED) is 0.658. The van der Waals surface area contributed by atoms with Gasteiger partial charge in [-0.2, -0.15) is 0 Å². The van der Waals surface area contributed by atoms with Crippen LogP contribution in [-0.4, -0.2) is 47.9 Å². The molecule has 27 heavy (non-hydrogen) atoms. The minimum atomic E-state index is 0.155. The van der Waals surface area contributed by atoms with Gasteiger partial charge >= 0.3 is 0 Å². The van der Waals surface area contributed by atoms with Gasteiger partial charge in [-0.1, -0.05) is 27.7 Å². The molecule has 3 rings (SSSR count). The summed E-state index contributed by atoms with van der Waals surface area (Å²) < 4.78 is 0. The molecule has 1 amide bonds. The lowest BCUT2D eigenvalue weighted by Gasteiger charge is -2.42. The monoisotopic (exact) mass is 376 g/mol. The molecule has 3 fully saturated rings. The Hall–Kier alpha value is -0.570. The van der Waals surface area contributed by atoms with E-state index < -0.39 is 0 Å². The fourth-order valence-electron chi connectivity index (χ4n) is 5.92. The number of carbonyl (C=O) groups excluding carboxylic acids is 1. The Kier molecular flexibility index (Phi) is 7.65. The van der Waals surface area contributed by atoms with Gasteiger partial charge in [0.1, 0.15) is 0 Å². The molecule has 2 aliphatic heterocycles. The van der Waals surface area contributed by atoms with Crippen LogP contribution < -0.4 is 0 Å². The highest BCUT2D eigenvalue weighted by Gasteiger charge is 2.31.